The maximum atomic E-state index is 12.2. The van der Waals surface area contributed by atoms with E-state index in [2.05, 4.69) is 51.6 Å². The van der Waals surface area contributed by atoms with E-state index in [0.717, 1.165) is 27.2 Å². The molecule has 0 spiro atoms. The highest BCUT2D eigenvalue weighted by molar-refractivity contribution is 6.99. The van der Waals surface area contributed by atoms with E-state index in [9.17, 15) is 5.11 Å². The molecule has 4 aromatic carbocycles. The van der Waals surface area contributed by atoms with Gasteiger partial charge in [0.25, 0.3) is 8.32 Å². The third kappa shape index (κ3) is 10.1. The van der Waals surface area contributed by atoms with Crippen LogP contribution in [0.2, 0.25) is 5.04 Å². The van der Waals surface area contributed by atoms with Gasteiger partial charge in [0.1, 0.15) is 54.1 Å². The summed E-state index contributed by atoms with van der Waals surface area (Å²) in [6, 6.07) is 38.3. The fourth-order valence-corrected chi connectivity index (χ4v) is 13.6. The summed E-state index contributed by atoms with van der Waals surface area (Å²) >= 11 is 0. The first-order valence-corrected chi connectivity index (χ1v) is 23.5. The zero-order valence-electron chi connectivity index (χ0n) is 37.7. The predicted molar refractivity (Wildman–Crippen MR) is 240 cm³/mol. The molecule has 0 aromatic heterocycles. The maximum absolute atomic E-state index is 12.2. The van der Waals surface area contributed by atoms with Gasteiger partial charge in [-0.1, -0.05) is 130 Å². The molecule has 12 nitrogen and oxygen atoms in total. The normalized spacial score (nSPS) is 29.7. The molecule has 3 fully saturated rings. The van der Waals surface area contributed by atoms with Crippen molar-refractivity contribution in [2.45, 2.75) is 120 Å². The first kappa shape index (κ1) is 47.2. The minimum absolute atomic E-state index is 0.0559. The lowest BCUT2D eigenvalue weighted by atomic mass is 9.85. The highest BCUT2D eigenvalue weighted by Crippen LogP contribution is 2.44. The molecule has 4 unspecified atom stereocenters. The number of aliphatic hydroxyl groups excluding tert-OH is 1. The van der Waals surface area contributed by atoms with Crippen LogP contribution in [0.25, 0.3) is 0 Å². The second kappa shape index (κ2) is 20.2. The van der Waals surface area contributed by atoms with Crippen molar-refractivity contribution in [2.75, 3.05) is 34.5 Å². The molecule has 0 radical (unpaired) electrons. The van der Waals surface area contributed by atoms with E-state index in [1.165, 1.54) is 7.11 Å². The molecule has 0 saturated carbocycles. The molecule has 7 rings (SSSR count). The van der Waals surface area contributed by atoms with Gasteiger partial charge in [-0.2, -0.15) is 0 Å². The second-order valence-electron chi connectivity index (χ2n) is 17.8. The monoisotopic (exact) mass is 884 g/mol. The number of methoxy groups -OCH3 is 3. The third-order valence-electron chi connectivity index (χ3n) is 12.3. The average Bonchev–Trinajstić information content (AvgIpc) is 3.29. The van der Waals surface area contributed by atoms with Crippen LogP contribution in [-0.4, -0.2) is 115 Å². The summed E-state index contributed by atoms with van der Waals surface area (Å²) in [5, 5.41) is 14.0. The van der Waals surface area contributed by atoms with E-state index in [4.69, 9.17) is 51.8 Å². The molecular formula is C50H64O12Si. The average molecular weight is 885 g/mol. The van der Waals surface area contributed by atoms with Crippen molar-refractivity contribution >= 4 is 18.7 Å². The molecule has 10 atom stereocenters. The standard InChI is InChI=1S/C50H64O12Si/c1-10-50-33-57-49(5,6)61-45(50)42(53-8)40(51)46(62-50)60-41-39(32-58-63(48(2,3)4,37-22-16-12-17-23-37)38-24-18-13-19-25-38)59-47(54-9)44(43(41)55-30-34-20-14-11-15-21-34)56-31-35-26-28-36(52-7)29-27-35/h10-29,39-47,51H,1,30-33H2,2-9H3/t39?,40?,41-,42-,43-,44?,45+,46-,47+,50?/m1/s1. The number of rotatable bonds is 17. The van der Waals surface area contributed by atoms with Gasteiger partial charge in [-0.15, -0.1) is 6.58 Å². The molecule has 3 aliphatic rings. The molecule has 3 heterocycles. The Labute approximate surface area is 373 Å². The Balaban J connectivity index is 1.31. The lowest BCUT2D eigenvalue weighted by Gasteiger charge is -2.56. The van der Waals surface area contributed by atoms with Crippen molar-refractivity contribution in [3.05, 3.63) is 139 Å². The molecule has 0 amide bonds. The Kier molecular flexibility index (Phi) is 15.1. The first-order chi connectivity index (χ1) is 30.3. The molecule has 340 valence electrons. The van der Waals surface area contributed by atoms with E-state index in [0.29, 0.717) is 0 Å². The van der Waals surface area contributed by atoms with Crippen molar-refractivity contribution in [2.24, 2.45) is 0 Å². The van der Waals surface area contributed by atoms with Crippen LogP contribution in [0.1, 0.15) is 45.7 Å². The molecule has 13 heteroatoms. The molecule has 0 bridgehead atoms. The summed E-state index contributed by atoms with van der Waals surface area (Å²) in [7, 11) is 1.62. The van der Waals surface area contributed by atoms with Crippen molar-refractivity contribution in [3.8, 4) is 5.75 Å². The van der Waals surface area contributed by atoms with Gasteiger partial charge in [0.2, 0.25) is 0 Å². The van der Waals surface area contributed by atoms with Crippen molar-refractivity contribution in [1.29, 1.82) is 0 Å². The fraction of sp³-hybridized carbons (Fsp3) is 0.480. The molecule has 0 aliphatic carbocycles. The van der Waals surface area contributed by atoms with E-state index in [-0.39, 0.29) is 31.5 Å². The number of ether oxygens (including phenoxy) is 10. The van der Waals surface area contributed by atoms with Crippen LogP contribution in [0.3, 0.4) is 0 Å². The Morgan fingerprint density at radius 2 is 1.29 bits per heavy atom. The zero-order chi connectivity index (χ0) is 44.8. The Hall–Kier alpha value is -3.80. The molecule has 1 N–H and O–H groups in total. The van der Waals surface area contributed by atoms with Crippen LogP contribution in [0, 0.1) is 0 Å². The Morgan fingerprint density at radius 1 is 0.714 bits per heavy atom. The van der Waals surface area contributed by atoms with Crippen molar-refractivity contribution in [3.63, 3.8) is 0 Å². The molecular weight excluding hydrogens is 821 g/mol. The van der Waals surface area contributed by atoms with Crippen LogP contribution < -0.4 is 15.1 Å². The van der Waals surface area contributed by atoms with Gasteiger partial charge < -0.3 is 56.9 Å². The van der Waals surface area contributed by atoms with Crippen LogP contribution in [0.5, 0.6) is 5.75 Å². The molecule has 63 heavy (non-hydrogen) atoms. The van der Waals surface area contributed by atoms with Crippen LogP contribution in [-0.2, 0) is 60.3 Å². The number of hydrogen-bond donors (Lipinski definition) is 1. The van der Waals surface area contributed by atoms with Gasteiger partial charge in [-0.05, 0) is 52.5 Å². The Morgan fingerprint density at radius 3 is 1.83 bits per heavy atom. The smallest absolute Gasteiger partial charge is 0.261 e. The number of benzene rings is 4. The first-order valence-electron chi connectivity index (χ1n) is 21.6. The van der Waals surface area contributed by atoms with Gasteiger partial charge in [0, 0.05) is 14.2 Å². The van der Waals surface area contributed by atoms with Crippen molar-refractivity contribution in [1.82, 2.24) is 0 Å². The summed E-state index contributed by atoms with van der Waals surface area (Å²) in [5.41, 5.74) is 0.595. The lowest BCUT2D eigenvalue weighted by molar-refractivity contribution is -0.419. The highest BCUT2D eigenvalue weighted by atomic mass is 28.4. The SMILES string of the molecule is C=CC12COC(C)(C)O[C@H]1[C@H](OC)C(O)[C@H](O[C@@H]1C(CO[Si](c3ccccc3)(c3ccccc3)C(C)(C)C)O[C@H](OC)C(OCc3ccc(OC)cc3)[C@@H]1OCc1ccccc1)O2. The summed E-state index contributed by atoms with van der Waals surface area (Å²) in [6.45, 7) is 14.9. The van der Waals surface area contributed by atoms with E-state index >= 15 is 0 Å². The summed E-state index contributed by atoms with van der Waals surface area (Å²) in [4.78, 5) is 0. The minimum Gasteiger partial charge on any atom is -0.497 e. The topological polar surface area (TPSA) is 122 Å². The minimum atomic E-state index is -3.12. The number of fused-ring (bicyclic) bond motifs is 1. The summed E-state index contributed by atoms with van der Waals surface area (Å²) < 4.78 is 72.1. The zero-order valence-corrected chi connectivity index (χ0v) is 38.7. The Bertz CT molecular complexity index is 1990. The van der Waals surface area contributed by atoms with Crippen molar-refractivity contribution < 1.29 is 56.9 Å². The van der Waals surface area contributed by atoms with Gasteiger partial charge in [0.05, 0.1) is 33.5 Å². The van der Waals surface area contributed by atoms with Crippen LogP contribution in [0.4, 0.5) is 0 Å². The lowest BCUT2D eigenvalue weighted by Crippen LogP contribution is -2.72. The van der Waals surface area contributed by atoms with E-state index < -0.39 is 75.0 Å². The number of aliphatic hydroxyl groups is 1. The highest BCUT2D eigenvalue weighted by Gasteiger charge is 2.61. The number of hydrogen-bond acceptors (Lipinski definition) is 12. The largest absolute Gasteiger partial charge is 0.497 e. The van der Waals surface area contributed by atoms with Crippen LogP contribution >= 0.6 is 0 Å². The molecule has 3 saturated heterocycles. The van der Waals surface area contributed by atoms with E-state index in [1.807, 2.05) is 105 Å². The summed E-state index contributed by atoms with van der Waals surface area (Å²) in [5.74, 6) is -0.237. The quantitative estimate of drug-likeness (QED) is 0.0946. The fourth-order valence-electron chi connectivity index (χ4n) is 9.01. The summed E-state index contributed by atoms with van der Waals surface area (Å²) in [6.07, 6.45) is -7.09. The maximum Gasteiger partial charge on any atom is 0.261 e. The van der Waals surface area contributed by atoms with Gasteiger partial charge in [-0.3, -0.25) is 0 Å². The van der Waals surface area contributed by atoms with Gasteiger partial charge in [-0.25, -0.2) is 0 Å². The molecule has 4 aromatic rings. The molecule has 3 aliphatic heterocycles. The third-order valence-corrected chi connectivity index (χ3v) is 17.3. The van der Waals surface area contributed by atoms with Gasteiger partial charge >= 0.3 is 0 Å². The second-order valence-corrected chi connectivity index (χ2v) is 22.1. The van der Waals surface area contributed by atoms with Gasteiger partial charge in [0.15, 0.2) is 18.4 Å². The van der Waals surface area contributed by atoms with E-state index in [1.54, 1.807) is 20.3 Å². The van der Waals surface area contributed by atoms with Crippen LogP contribution in [0.15, 0.2) is 128 Å². The predicted octanol–water partition coefficient (Wildman–Crippen LogP) is 6.31.